The zero-order valence-corrected chi connectivity index (χ0v) is 19.1. The Balaban J connectivity index is 1.37. The van der Waals surface area contributed by atoms with Crippen LogP contribution in [0.5, 0.6) is 11.5 Å². The number of ketones is 1. The summed E-state index contributed by atoms with van der Waals surface area (Å²) >= 11 is 0. The maximum Gasteiger partial charge on any atom is 0.161 e. The average molecular weight is 441 g/mol. The van der Waals surface area contributed by atoms with Crippen LogP contribution in [0, 0.1) is 11.8 Å². The highest BCUT2D eigenvalue weighted by molar-refractivity contribution is 5.87. The van der Waals surface area contributed by atoms with Crippen LogP contribution in [0.2, 0.25) is 0 Å². The predicted molar refractivity (Wildman–Crippen MR) is 130 cm³/mol. The maximum atomic E-state index is 13.1. The molecule has 0 aromatic heterocycles. The van der Waals surface area contributed by atoms with Gasteiger partial charge in [0.05, 0.1) is 0 Å². The lowest BCUT2D eigenvalue weighted by Crippen LogP contribution is -2.32. The van der Waals surface area contributed by atoms with Crippen LogP contribution >= 0.6 is 0 Å². The number of fused-ring (bicyclic) bond motifs is 1. The molecule has 3 aromatic carbocycles. The molecular weight excluding hydrogens is 408 g/mol. The van der Waals surface area contributed by atoms with Crippen molar-refractivity contribution < 1.29 is 14.3 Å². The van der Waals surface area contributed by atoms with Gasteiger partial charge in [-0.3, -0.25) is 4.79 Å². The minimum atomic E-state index is -0.0217. The third-order valence-electron chi connectivity index (χ3n) is 7.30. The topological polar surface area (TPSA) is 35.5 Å². The van der Waals surface area contributed by atoms with Gasteiger partial charge in [0.2, 0.25) is 0 Å². The Morgan fingerprint density at radius 2 is 1.30 bits per heavy atom. The first-order valence-corrected chi connectivity index (χ1v) is 12.3. The van der Waals surface area contributed by atoms with Crippen molar-refractivity contribution in [1.82, 2.24) is 0 Å². The fourth-order valence-electron chi connectivity index (χ4n) is 5.46. The van der Waals surface area contributed by atoms with Crippen LogP contribution in [-0.2, 0) is 18.0 Å². The van der Waals surface area contributed by atoms with Gasteiger partial charge >= 0.3 is 0 Å². The van der Waals surface area contributed by atoms with Gasteiger partial charge in [-0.2, -0.15) is 0 Å². The lowest BCUT2D eigenvalue weighted by atomic mass is 9.65. The number of carbonyl (C=O) groups excluding carboxylic acids is 1. The van der Waals surface area contributed by atoms with Gasteiger partial charge in [0.25, 0.3) is 0 Å². The van der Waals surface area contributed by atoms with Crippen molar-refractivity contribution in [2.75, 3.05) is 0 Å². The molecule has 0 bridgehead atoms. The van der Waals surface area contributed by atoms with E-state index < -0.39 is 0 Å². The highest BCUT2D eigenvalue weighted by Crippen LogP contribution is 2.45. The monoisotopic (exact) mass is 440 g/mol. The summed E-state index contributed by atoms with van der Waals surface area (Å²) in [6.07, 6.45) is 6.79. The SMILES string of the molecule is O=C1CC2CCCCC2CC1c1ccc(OCc2ccccc2)c(OCc2ccccc2)c1. The van der Waals surface area contributed by atoms with Gasteiger partial charge in [0.15, 0.2) is 11.5 Å². The van der Waals surface area contributed by atoms with E-state index in [4.69, 9.17) is 9.47 Å². The normalized spacial score (nSPS) is 22.4. The minimum absolute atomic E-state index is 0.0217. The summed E-state index contributed by atoms with van der Waals surface area (Å²) in [6, 6.07) is 26.4. The molecule has 0 aliphatic heterocycles. The first-order chi connectivity index (χ1) is 16.3. The van der Waals surface area contributed by atoms with Crippen molar-refractivity contribution in [2.45, 2.75) is 57.7 Å². The van der Waals surface area contributed by atoms with Crippen LogP contribution in [0.1, 0.15) is 61.1 Å². The second-order valence-electron chi connectivity index (χ2n) is 9.52. The third-order valence-corrected chi connectivity index (χ3v) is 7.30. The van der Waals surface area contributed by atoms with Gasteiger partial charge in [0, 0.05) is 12.3 Å². The van der Waals surface area contributed by atoms with Crippen LogP contribution in [0.15, 0.2) is 78.9 Å². The van der Waals surface area contributed by atoms with Crippen LogP contribution < -0.4 is 9.47 Å². The first-order valence-electron chi connectivity index (χ1n) is 12.3. The number of Topliss-reactive ketones (excluding diaryl/α,β-unsaturated/α-hetero) is 1. The standard InChI is InChI=1S/C30H32O3/c31-28-18-25-14-8-7-13-24(25)17-27(28)26-15-16-29(32-20-22-9-3-1-4-10-22)30(19-26)33-21-23-11-5-2-6-12-23/h1-6,9-12,15-16,19,24-25,27H,7-8,13-14,17-18,20-21H2. The molecule has 2 fully saturated rings. The number of hydrogen-bond acceptors (Lipinski definition) is 3. The number of benzene rings is 3. The van der Waals surface area contributed by atoms with E-state index in [9.17, 15) is 4.79 Å². The Morgan fingerprint density at radius 3 is 1.97 bits per heavy atom. The predicted octanol–water partition coefficient (Wildman–Crippen LogP) is 7.10. The lowest BCUT2D eigenvalue weighted by molar-refractivity contribution is -0.125. The molecule has 0 spiro atoms. The van der Waals surface area contributed by atoms with Gasteiger partial charge in [-0.05, 0) is 53.5 Å². The quantitative estimate of drug-likeness (QED) is 0.393. The van der Waals surface area contributed by atoms with Crippen molar-refractivity contribution in [1.29, 1.82) is 0 Å². The smallest absolute Gasteiger partial charge is 0.161 e. The Hall–Kier alpha value is -3.07. The molecule has 2 aliphatic rings. The molecule has 2 saturated carbocycles. The maximum absolute atomic E-state index is 13.1. The number of rotatable bonds is 7. The van der Waals surface area contributed by atoms with E-state index in [1.165, 1.54) is 25.7 Å². The fraction of sp³-hybridized carbons (Fsp3) is 0.367. The van der Waals surface area contributed by atoms with Gasteiger partial charge in [-0.15, -0.1) is 0 Å². The molecule has 3 unspecified atom stereocenters. The van der Waals surface area contributed by atoms with E-state index in [1.54, 1.807) is 0 Å². The number of ether oxygens (including phenoxy) is 2. The summed E-state index contributed by atoms with van der Waals surface area (Å²) < 4.78 is 12.4. The largest absolute Gasteiger partial charge is 0.485 e. The fourth-order valence-corrected chi connectivity index (χ4v) is 5.46. The van der Waals surface area contributed by atoms with Gasteiger partial charge < -0.3 is 9.47 Å². The molecule has 3 nitrogen and oxygen atoms in total. The molecule has 33 heavy (non-hydrogen) atoms. The Morgan fingerprint density at radius 1 is 0.697 bits per heavy atom. The Bertz CT molecular complexity index is 1060. The molecule has 3 atom stereocenters. The third kappa shape index (κ3) is 5.30. The zero-order valence-electron chi connectivity index (χ0n) is 19.1. The Kier molecular flexibility index (Phi) is 6.76. The Labute approximate surface area is 196 Å². The van der Waals surface area contributed by atoms with Crippen molar-refractivity contribution in [3.63, 3.8) is 0 Å². The summed E-state index contributed by atoms with van der Waals surface area (Å²) in [4.78, 5) is 13.1. The lowest BCUT2D eigenvalue weighted by Gasteiger charge is -2.38. The van der Waals surface area contributed by atoms with Crippen LogP contribution in [0.4, 0.5) is 0 Å². The summed E-state index contributed by atoms with van der Waals surface area (Å²) in [6.45, 7) is 0.948. The van der Waals surface area contributed by atoms with E-state index in [1.807, 2.05) is 42.5 Å². The molecule has 2 aliphatic carbocycles. The van der Waals surface area contributed by atoms with E-state index >= 15 is 0 Å². The molecule has 5 rings (SSSR count). The van der Waals surface area contributed by atoms with E-state index in [2.05, 4.69) is 36.4 Å². The van der Waals surface area contributed by atoms with Gasteiger partial charge in [-0.1, -0.05) is 86.0 Å². The number of carbonyl (C=O) groups is 1. The second-order valence-corrected chi connectivity index (χ2v) is 9.52. The molecule has 0 saturated heterocycles. The highest BCUT2D eigenvalue weighted by Gasteiger charge is 2.37. The van der Waals surface area contributed by atoms with E-state index in [0.29, 0.717) is 36.6 Å². The van der Waals surface area contributed by atoms with Gasteiger partial charge in [0.1, 0.15) is 19.0 Å². The molecule has 0 amide bonds. The average Bonchev–Trinajstić information content (AvgIpc) is 2.87. The molecule has 3 heteroatoms. The molecule has 3 aromatic rings. The first kappa shape index (κ1) is 21.8. The zero-order chi connectivity index (χ0) is 22.5. The van der Waals surface area contributed by atoms with Crippen LogP contribution in [0.25, 0.3) is 0 Å². The van der Waals surface area contributed by atoms with Gasteiger partial charge in [-0.25, -0.2) is 0 Å². The van der Waals surface area contributed by atoms with Crippen LogP contribution in [-0.4, -0.2) is 5.78 Å². The highest BCUT2D eigenvalue weighted by atomic mass is 16.5. The van der Waals surface area contributed by atoms with E-state index in [-0.39, 0.29) is 5.92 Å². The van der Waals surface area contributed by atoms with Crippen molar-refractivity contribution in [3.05, 3.63) is 95.6 Å². The summed E-state index contributed by atoms with van der Waals surface area (Å²) in [5, 5.41) is 0. The van der Waals surface area contributed by atoms with Crippen molar-refractivity contribution >= 4 is 5.78 Å². The molecule has 170 valence electrons. The second kappa shape index (κ2) is 10.2. The molecular formula is C30H32O3. The van der Waals surface area contributed by atoms with Crippen molar-refractivity contribution in [3.8, 4) is 11.5 Å². The molecule has 0 radical (unpaired) electrons. The molecule has 0 heterocycles. The summed E-state index contributed by atoms with van der Waals surface area (Å²) in [5.41, 5.74) is 3.29. The number of hydrogen-bond donors (Lipinski definition) is 0. The summed E-state index contributed by atoms with van der Waals surface area (Å²) in [5.74, 6) is 3.09. The summed E-state index contributed by atoms with van der Waals surface area (Å²) in [7, 11) is 0. The van der Waals surface area contributed by atoms with Crippen molar-refractivity contribution in [2.24, 2.45) is 11.8 Å². The van der Waals surface area contributed by atoms with E-state index in [0.717, 1.165) is 35.3 Å². The minimum Gasteiger partial charge on any atom is -0.485 e. The van der Waals surface area contributed by atoms with Crippen LogP contribution in [0.3, 0.4) is 0 Å². The molecule has 0 N–H and O–H groups in total.